The van der Waals surface area contributed by atoms with Gasteiger partial charge in [-0.05, 0) is 43.2 Å². The lowest BCUT2D eigenvalue weighted by Crippen LogP contribution is -2.23. The Morgan fingerprint density at radius 3 is 2.75 bits per heavy atom. The van der Waals surface area contributed by atoms with E-state index >= 15 is 0 Å². The molecule has 4 heteroatoms. The Hall–Kier alpha value is -2.07. The Morgan fingerprint density at radius 2 is 2.00 bits per heavy atom. The molecule has 1 saturated carbocycles. The van der Waals surface area contributed by atoms with Crippen molar-refractivity contribution in [3.8, 4) is 5.69 Å². The Kier molecular flexibility index (Phi) is 3.83. The third-order valence-electron chi connectivity index (χ3n) is 3.39. The molecule has 0 spiro atoms. The minimum Gasteiger partial charge on any atom is -0.326 e. The van der Waals surface area contributed by atoms with E-state index in [9.17, 15) is 4.79 Å². The molecule has 0 aliphatic heterocycles. The third kappa shape index (κ3) is 3.48. The summed E-state index contributed by atoms with van der Waals surface area (Å²) in [7, 11) is 0. The van der Waals surface area contributed by atoms with E-state index in [1.165, 1.54) is 12.8 Å². The zero-order chi connectivity index (χ0) is 13.8. The largest absolute Gasteiger partial charge is 0.326 e. The molecule has 1 aliphatic rings. The van der Waals surface area contributed by atoms with Crippen molar-refractivity contribution in [3.63, 3.8) is 0 Å². The molecule has 1 aliphatic carbocycles. The maximum atomic E-state index is 11.9. The highest BCUT2D eigenvalue weighted by atomic mass is 16.1. The van der Waals surface area contributed by atoms with E-state index < -0.39 is 0 Å². The minimum absolute atomic E-state index is 0.0582. The van der Waals surface area contributed by atoms with Gasteiger partial charge in [0.25, 0.3) is 0 Å². The van der Waals surface area contributed by atoms with Crippen LogP contribution in [0.2, 0.25) is 0 Å². The van der Waals surface area contributed by atoms with Gasteiger partial charge in [0.1, 0.15) is 0 Å². The number of carbonyl (C=O) groups is 1. The van der Waals surface area contributed by atoms with Crippen LogP contribution >= 0.6 is 0 Å². The number of anilines is 1. The molecule has 4 nitrogen and oxygen atoms in total. The summed E-state index contributed by atoms with van der Waals surface area (Å²) in [6.45, 7) is 0.758. The van der Waals surface area contributed by atoms with Crippen molar-refractivity contribution in [2.75, 3.05) is 11.9 Å². The molecule has 20 heavy (non-hydrogen) atoms. The Bertz CT molecular complexity index is 573. The number of rotatable bonds is 6. The zero-order valence-corrected chi connectivity index (χ0v) is 11.4. The van der Waals surface area contributed by atoms with E-state index in [1.807, 2.05) is 53.4 Å². The van der Waals surface area contributed by atoms with Gasteiger partial charge >= 0.3 is 0 Å². The lowest BCUT2D eigenvalue weighted by Gasteiger charge is -2.08. The first-order valence-corrected chi connectivity index (χ1v) is 7.08. The van der Waals surface area contributed by atoms with Crippen LogP contribution in [0.3, 0.4) is 0 Å². The monoisotopic (exact) mass is 269 g/mol. The second-order valence-corrected chi connectivity index (χ2v) is 5.17. The average Bonchev–Trinajstić information content (AvgIpc) is 3.10. The van der Waals surface area contributed by atoms with E-state index in [-0.39, 0.29) is 5.91 Å². The molecule has 0 radical (unpaired) electrons. The topological polar surface area (TPSA) is 46.1 Å². The summed E-state index contributed by atoms with van der Waals surface area (Å²) >= 11 is 0. The van der Waals surface area contributed by atoms with Gasteiger partial charge in [-0.1, -0.05) is 6.07 Å². The molecule has 104 valence electrons. The van der Waals surface area contributed by atoms with Crippen LogP contribution in [0.25, 0.3) is 5.69 Å². The summed E-state index contributed by atoms with van der Waals surface area (Å²) in [5.41, 5.74) is 1.89. The maximum Gasteiger partial charge on any atom is 0.225 e. The fourth-order valence-electron chi connectivity index (χ4n) is 2.15. The molecular formula is C16H19N3O. The van der Waals surface area contributed by atoms with Crippen molar-refractivity contribution >= 4 is 11.6 Å². The summed E-state index contributed by atoms with van der Waals surface area (Å²) < 4.78 is 2.02. The summed E-state index contributed by atoms with van der Waals surface area (Å²) in [5.74, 6) is 0.0582. The highest BCUT2D eigenvalue weighted by molar-refractivity contribution is 5.91. The predicted molar refractivity (Wildman–Crippen MR) is 80.0 cm³/mol. The number of aromatic nitrogens is 1. The van der Waals surface area contributed by atoms with Crippen LogP contribution in [-0.2, 0) is 4.79 Å². The Labute approximate surface area is 118 Å². The fraction of sp³-hybridized carbons (Fsp3) is 0.312. The summed E-state index contributed by atoms with van der Waals surface area (Å²) in [5, 5.41) is 6.29. The van der Waals surface area contributed by atoms with Gasteiger partial charge in [-0.3, -0.25) is 4.79 Å². The van der Waals surface area contributed by atoms with Gasteiger partial charge in [-0.25, -0.2) is 0 Å². The van der Waals surface area contributed by atoms with Crippen molar-refractivity contribution in [2.45, 2.75) is 25.3 Å². The van der Waals surface area contributed by atoms with Crippen LogP contribution in [0.4, 0.5) is 5.69 Å². The Balaban J connectivity index is 1.56. The second-order valence-electron chi connectivity index (χ2n) is 5.17. The predicted octanol–water partition coefficient (Wildman–Crippen LogP) is 2.56. The van der Waals surface area contributed by atoms with Gasteiger partial charge in [0.15, 0.2) is 0 Å². The first-order chi connectivity index (χ1) is 9.81. The van der Waals surface area contributed by atoms with Gasteiger partial charge in [0.2, 0.25) is 5.91 Å². The van der Waals surface area contributed by atoms with Gasteiger partial charge in [0.05, 0.1) is 0 Å². The smallest absolute Gasteiger partial charge is 0.225 e. The summed E-state index contributed by atoms with van der Waals surface area (Å²) in [6.07, 6.45) is 6.99. The third-order valence-corrected chi connectivity index (χ3v) is 3.39. The van der Waals surface area contributed by atoms with E-state index in [0.29, 0.717) is 12.5 Å². The van der Waals surface area contributed by atoms with Gasteiger partial charge in [0, 0.05) is 42.8 Å². The number of nitrogens with zero attached hydrogens (tertiary/aromatic N) is 1. The van der Waals surface area contributed by atoms with E-state index in [0.717, 1.165) is 17.9 Å². The number of benzene rings is 1. The van der Waals surface area contributed by atoms with E-state index in [2.05, 4.69) is 10.6 Å². The minimum atomic E-state index is 0.0582. The van der Waals surface area contributed by atoms with Crippen molar-refractivity contribution in [1.82, 2.24) is 9.88 Å². The molecule has 0 saturated heterocycles. The number of nitrogens with one attached hydrogen (secondary N) is 2. The van der Waals surface area contributed by atoms with Crippen molar-refractivity contribution in [3.05, 3.63) is 48.8 Å². The van der Waals surface area contributed by atoms with Crippen LogP contribution in [0.15, 0.2) is 48.8 Å². The average molecular weight is 269 g/mol. The fourth-order valence-corrected chi connectivity index (χ4v) is 2.15. The molecule has 1 aromatic carbocycles. The molecule has 0 bridgehead atoms. The normalized spacial score (nSPS) is 14.2. The lowest BCUT2D eigenvalue weighted by molar-refractivity contribution is -0.116. The van der Waals surface area contributed by atoms with Gasteiger partial charge < -0.3 is 15.2 Å². The Morgan fingerprint density at radius 1 is 1.20 bits per heavy atom. The number of carbonyl (C=O) groups excluding carboxylic acids is 1. The molecule has 1 amide bonds. The van der Waals surface area contributed by atoms with Gasteiger partial charge in [-0.2, -0.15) is 0 Å². The molecule has 2 aromatic rings. The molecular weight excluding hydrogens is 250 g/mol. The highest BCUT2D eigenvalue weighted by Crippen LogP contribution is 2.18. The van der Waals surface area contributed by atoms with Gasteiger partial charge in [-0.15, -0.1) is 0 Å². The molecule has 2 N–H and O–H groups in total. The number of hydrogen-bond donors (Lipinski definition) is 2. The molecule has 1 heterocycles. The lowest BCUT2D eigenvalue weighted by atomic mass is 10.2. The summed E-state index contributed by atoms with van der Waals surface area (Å²) in [6, 6.07) is 12.5. The summed E-state index contributed by atoms with van der Waals surface area (Å²) in [4.78, 5) is 11.9. The highest BCUT2D eigenvalue weighted by Gasteiger charge is 2.20. The van der Waals surface area contributed by atoms with E-state index in [4.69, 9.17) is 0 Å². The van der Waals surface area contributed by atoms with Crippen LogP contribution in [0, 0.1) is 0 Å². The van der Waals surface area contributed by atoms with E-state index in [1.54, 1.807) is 0 Å². The first-order valence-electron chi connectivity index (χ1n) is 7.08. The second kappa shape index (κ2) is 5.92. The maximum absolute atomic E-state index is 11.9. The molecule has 0 atom stereocenters. The standard InChI is InChI=1S/C16H19N3O/c20-16(8-9-17-13-6-7-13)18-14-4-3-5-15(12-14)19-10-1-2-11-19/h1-5,10-13,17H,6-9H2,(H,18,20). The molecule has 1 fully saturated rings. The van der Waals surface area contributed by atoms with Crippen LogP contribution < -0.4 is 10.6 Å². The molecule has 3 rings (SSSR count). The SMILES string of the molecule is O=C(CCNC1CC1)Nc1cccc(-n2cccc2)c1. The molecule has 0 unspecified atom stereocenters. The van der Waals surface area contributed by atoms with Crippen LogP contribution in [0.1, 0.15) is 19.3 Å². The zero-order valence-electron chi connectivity index (χ0n) is 11.4. The molecule has 1 aromatic heterocycles. The van der Waals surface area contributed by atoms with Crippen molar-refractivity contribution < 1.29 is 4.79 Å². The van der Waals surface area contributed by atoms with Crippen LogP contribution in [-0.4, -0.2) is 23.1 Å². The number of amides is 1. The number of hydrogen-bond acceptors (Lipinski definition) is 2. The quantitative estimate of drug-likeness (QED) is 0.846. The van der Waals surface area contributed by atoms with Crippen molar-refractivity contribution in [2.24, 2.45) is 0 Å². The van der Waals surface area contributed by atoms with Crippen molar-refractivity contribution in [1.29, 1.82) is 0 Å². The first kappa shape index (κ1) is 12.9. The van der Waals surface area contributed by atoms with Crippen LogP contribution in [0.5, 0.6) is 0 Å².